The van der Waals surface area contributed by atoms with Crippen LogP contribution in [0.25, 0.3) is 0 Å². The van der Waals surface area contributed by atoms with Gasteiger partial charge in [0.05, 0.1) is 24.9 Å². The molecule has 1 saturated heterocycles. The van der Waals surface area contributed by atoms with E-state index >= 15 is 0 Å². The van der Waals surface area contributed by atoms with Crippen LogP contribution >= 0.6 is 15.9 Å². The fourth-order valence-electron chi connectivity index (χ4n) is 5.34. The fraction of sp³-hybridized carbons (Fsp3) is 0.333. The summed E-state index contributed by atoms with van der Waals surface area (Å²) < 4.78 is 14.3. The van der Waals surface area contributed by atoms with Crippen molar-refractivity contribution in [2.45, 2.75) is 31.5 Å². The molecular formula is C27H27BrO2. The molecule has 0 radical (unpaired) electrons. The van der Waals surface area contributed by atoms with Crippen molar-refractivity contribution in [3.63, 3.8) is 0 Å². The second-order valence-electron chi connectivity index (χ2n) is 8.69. The maximum absolute atomic E-state index is 6.71. The Kier molecular flexibility index (Phi) is 5.30. The van der Waals surface area contributed by atoms with Crippen molar-refractivity contribution in [1.82, 2.24) is 0 Å². The highest BCUT2D eigenvalue weighted by atomic mass is 79.9. The van der Waals surface area contributed by atoms with Gasteiger partial charge in [-0.15, -0.1) is 0 Å². The predicted molar refractivity (Wildman–Crippen MR) is 123 cm³/mol. The summed E-state index contributed by atoms with van der Waals surface area (Å²) in [6.07, 6.45) is 2.08. The van der Waals surface area contributed by atoms with Gasteiger partial charge in [0.25, 0.3) is 0 Å². The number of rotatable bonds is 7. The molecule has 3 heteroatoms. The Balaban J connectivity index is 1.46. The van der Waals surface area contributed by atoms with Crippen LogP contribution < -0.4 is 0 Å². The monoisotopic (exact) mass is 462 g/mol. The first-order chi connectivity index (χ1) is 14.6. The zero-order valence-corrected chi connectivity index (χ0v) is 18.8. The Morgan fingerprint density at radius 3 is 2.30 bits per heavy atom. The van der Waals surface area contributed by atoms with Crippen LogP contribution in [-0.2, 0) is 21.5 Å². The van der Waals surface area contributed by atoms with E-state index in [2.05, 4.69) is 108 Å². The fourth-order valence-corrected chi connectivity index (χ4v) is 5.61. The third-order valence-electron chi connectivity index (χ3n) is 7.10. The summed E-state index contributed by atoms with van der Waals surface area (Å²) >= 11 is 3.57. The van der Waals surface area contributed by atoms with Crippen LogP contribution in [0.1, 0.15) is 36.1 Å². The van der Waals surface area contributed by atoms with Crippen molar-refractivity contribution in [2.24, 2.45) is 11.3 Å². The molecule has 4 atom stereocenters. The van der Waals surface area contributed by atoms with E-state index < -0.39 is 0 Å². The number of hydrogen-bond donors (Lipinski definition) is 0. The van der Waals surface area contributed by atoms with E-state index in [0.717, 1.165) is 23.9 Å². The first-order valence-electron chi connectivity index (χ1n) is 10.7. The second kappa shape index (κ2) is 7.96. The van der Waals surface area contributed by atoms with Gasteiger partial charge >= 0.3 is 0 Å². The van der Waals surface area contributed by atoms with Gasteiger partial charge in [-0.3, -0.25) is 0 Å². The summed E-state index contributed by atoms with van der Waals surface area (Å²) in [5.41, 5.74) is 3.41. The predicted octanol–water partition coefficient (Wildman–Crippen LogP) is 6.70. The van der Waals surface area contributed by atoms with Gasteiger partial charge < -0.3 is 9.47 Å². The van der Waals surface area contributed by atoms with Crippen LogP contribution in [0.4, 0.5) is 0 Å². The van der Waals surface area contributed by atoms with Crippen LogP contribution in [0.2, 0.25) is 0 Å². The molecule has 1 aliphatic heterocycles. The minimum atomic E-state index is -0.356. The molecule has 3 aromatic carbocycles. The lowest BCUT2D eigenvalue weighted by molar-refractivity contribution is -0.108. The number of halogens is 1. The van der Waals surface area contributed by atoms with Gasteiger partial charge in [-0.1, -0.05) is 88.7 Å². The Bertz CT molecular complexity index is 988. The molecule has 0 N–H and O–H groups in total. The number of fused-ring (bicyclic) bond motifs is 1. The SMILES string of the molecule is C[C@]1(c2ccc(Br)cc2)OC[C@H]2C[C@]21[C@@H](OCCc1ccccc1)c1ccccc1. The van der Waals surface area contributed by atoms with Gasteiger partial charge in [-0.05, 0) is 54.5 Å². The lowest BCUT2D eigenvalue weighted by Gasteiger charge is -2.40. The molecule has 1 heterocycles. The molecular weight excluding hydrogens is 436 g/mol. The van der Waals surface area contributed by atoms with E-state index in [9.17, 15) is 0 Å². The van der Waals surface area contributed by atoms with Crippen molar-refractivity contribution >= 4 is 15.9 Å². The van der Waals surface area contributed by atoms with E-state index in [1.807, 2.05) is 0 Å². The summed E-state index contributed by atoms with van der Waals surface area (Å²) in [4.78, 5) is 0. The highest BCUT2D eigenvalue weighted by molar-refractivity contribution is 9.10. The molecule has 2 aliphatic rings. The number of ether oxygens (including phenoxy) is 2. The Morgan fingerprint density at radius 1 is 0.967 bits per heavy atom. The molecule has 2 fully saturated rings. The van der Waals surface area contributed by atoms with Crippen molar-refractivity contribution in [2.75, 3.05) is 13.2 Å². The first-order valence-corrected chi connectivity index (χ1v) is 11.5. The quantitative estimate of drug-likeness (QED) is 0.388. The van der Waals surface area contributed by atoms with Crippen molar-refractivity contribution < 1.29 is 9.47 Å². The van der Waals surface area contributed by atoms with Crippen LogP contribution in [0.3, 0.4) is 0 Å². The summed E-state index contributed by atoms with van der Waals surface area (Å²) in [6, 6.07) is 29.9. The highest BCUT2D eigenvalue weighted by Gasteiger charge is 2.74. The molecule has 0 spiro atoms. The highest BCUT2D eigenvalue weighted by Crippen LogP contribution is 2.75. The van der Waals surface area contributed by atoms with Crippen molar-refractivity contribution in [3.05, 3.63) is 106 Å². The van der Waals surface area contributed by atoms with Gasteiger partial charge in [0.15, 0.2) is 0 Å². The molecule has 0 aromatic heterocycles. The van der Waals surface area contributed by atoms with Crippen LogP contribution in [0.5, 0.6) is 0 Å². The summed E-state index contributed by atoms with van der Waals surface area (Å²) in [7, 11) is 0. The molecule has 0 unspecified atom stereocenters. The second-order valence-corrected chi connectivity index (χ2v) is 9.61. The number of benzene rings is 3. The van der Waals surface area contributed by atoms with E-state index in [1.165, 1.54) is 16.7 Å². The minimum absolute atomic E-state index is 0.0172. The molecule has 2 nitrogen and oxygen atoms in total. The summed E-state index contributed by atoms with van der Waals surface area (Å²) in [5.74, 6) is 0.535. The molecule has 0 amide bonds. The van der Waals surface area contributed by atoms with E-state index in [-0.39, 0.29) is 17.1 Å². The zero-order chi connectivity index (χ0) is 20.6. The van der Waals surface area contributed by atoms with Crippen LogP contribution in [0.15, 0.2) is 89.4 Å². The van der Waals surface area contributed by atoms with Crippen LogP contribution in [0, 0.1) is 11.3 Å². The lowest BCUT2D eigenvalue weighted by Crippen LogP contribution is -2.38. The van der Waals surface area contributed by atoms with Crippen LogP contribution in [-0.4, -0.2) is 13.2 Å². The molecule has 154 valence electrons. The van der Waals surface area contributed by atoms with Gasteiger partial charge in [0.2, 0.25) is 0 Å². The topological polar surface area (TPSA) is 18.5 Å². The Morgan fingerprint density at radius 2 is 1.63 bits per heavy atom. The molecule has 30 heavy (non-hydrogen) atoms. The molecule has 1 saturated carbocycles. The summed E-state index contributed by atoms with van der Waals surface area (Å²) in [6.45, 7) is 3.77. The minimum Gasteiger partial charge on any atom is -0.372 e. The average molecular weight is 463 g/mol. The van der Waals surface area contributed by atoms with Gasteiger partial charge in [0.1, 0.15) is 0 Å². The van der Waals surface area contributed by atoms with E-state index in [1.54, 1.807) is 0 Å². The van der Waals surface area contributed by atoms with Gasteiger partial charge in [-0.2, -0.15) is 0 Å². The largest absolute Gasteiger partial charge is 0.372 e. The Hall–Kier alpha value is -1.94. The maximum Gasteiger partial charge on any atom is 0.0991 e. The number of hydrogen-bond acceptors (Lipinski definition) is 2. The molecule has 3 aromatic rings. The smallest absolute Gasteiger partial charge is 0.0991 e. The third-order valence-corrected chi connectivity index (χ3v) is 7.63. The van der Waals surface area contributed by atoms with Gasteiger partial charge in [-0.25, -0.2) is 0 Å². The molecule has 0 bridgehead atoms. The average Bonchev–Trinajstić information content (AvgIpc) is 3.45. The van der Waals surface area contributed by atoms with E-state index in [0.29, 0.717) is 12.5 Å². The summed E-state index contributed by atoms with van der Waals surface area (Å²) in [5, 5.41) is 0. The van der Waals surface area contributed by atoms with E-state index in [4.69, 9.17) is 9.47 Å². The molecule has 1 aliphatic carbocycles. The maximum atomic E-state index is 6.71. The first kappa shape index (κ1) is 20.0. The van der Waals surface area contributed by atoms with Crippen molar-refractivity contribution in [3.8, 4) is 0 Å². The lowest BCUT2D eigenvalue weighted by atomic mass is 9.74. The zero-order valence-electron chi connectivity index (χ0n) is 17.3. The Labute approximate surface area is 187 Å². The molecule has 5 rings (SSSR count). The third kappa shape index (κ3) is 3.33. The van der Waals surface area contributed by atoms with Crippen molar-refractivity contribution in [1.29, 1.82) is 0 Å². The normalized spacial score (nSPS) is 28.1. The van der Waals surface area contributed by atoms with Gasteiger partial charge in [0, 0.05) is 9.89 Å². The standard InChI is InChI=1S/C27H27BrO2/c1-26(22-12-14-24(28)15-13-22)27(18-23(27)19-30-26)25(21-10-6-3-7-11-21)29-17-16-20-8-4-2-5-9-20/h2-15,23,25H,16-19H2,1H3/t23-,25+,26-,27-/m1/s1.